The molecule has 0 saturated heterocycles. The zero-order chi connectivity index (χ0) is 17.6. The summed E-state index contributed by atoms with van der Waals surface area (Å²) in [6, 6.07) is 13.0. The average molecular weight is 332 g/mol. The van der Waals surface area contributed by atoms with Crippen LogP contribution in [0, 0.1) is 0 Å². The topological polar surface area (TPSA) is 72.0 Å². The highest BCUT2D eigenvalue weighted by atomic mass is 16.5. The quantitative estimate of drug-likeness (QED) is 0.621. The van der Waals surface area contributed by atoms with Gasteiger partial charge in [0.25, 0.3) is 0 Å². The minimum Gasteiger partial charge on any atom is -0.497 e. The lowest BCUT2D eigenvalue weighted by Gasteiger charge is -2.06. The second kappa shape index (κ2) is 5.70. The summed E-state index contributed by atoms with van der Waals surface area (Å²) in [5.41, 5.74) is 4.93. The minimum absolute atomic E-state index is 0.0327. The van der Waals surface area contributed by atoms with Crippen molar-refractivity contribution in [3.05, 3.63) is 59.2 Å². The van der Waals surface area contributed by atoms with Crippen LogP contribution in [0.2, 0.25) is 0 Å². The molecule has 0 atom stereocenters. The van der Waals surface area contributed by atoms with Gasteiger partial charge < -0.3 is 4.74 Å². The van der Waals surface area contributed by atoms with Crippen molar-refractivity contribution in [2.24, 2.45) is 0 Å². The number of methoxy groups -OCH3 is 1. The predicted octanol–water partition coefficient (Wildman–Crippen LogP) is 3.43. The zero-order valence-electron chi connectivity index (χ0n) is 13.9. The van der Waals surface area contributed by atoms with Crippen LogP contribution in [0.25, 0.3) is 22.5 Å². The SMILES string of the molecule is COc1ccc(-c2n[nH]c3c2C(=O)c2c(CC(C)=O)cccc2-3)cc1. The summed E-state index contributed by atoms with van der Waals surface area (Å²) < 4.78 is 5.18. The van der Waals surface area contributed by atoms with Gasteiger partial charge >= 0.3 is 0 Å². The number of aromatic nitrogens is 2. The van der Waals surface area contributed by atoms with Crippen molar-refractivity contribution in [3.63, 3.8) is 0 Å². The lowest BCUT2D eigenvalue weighted by Crippen LogP contribution is -2.06. The summed E-state index contributed by atoms with van der Waals surface area (Å²) in [7, 11) is 1.61. The van der Waals surface area contributed by atoms with E-state index in [-0.39, 0.29) is 18.0 Å². The summed E-state index contributed by atoms with van der Waals surface area (Å²) in [5, 5.41) is 7.34. The molecule has 0 unspecified atom stereocenters. The van der Waals surface area contributed by atoms with E-state index >= 15 is 0 Å². The number of nitrogens with one attached hydrogen (secondary N) is 1. The number of benzene rings is 2. The Morgan fingerprint density at radius 1 is 1.12 bits per heavy atom. The van der Waals surface area contributed by atoms with Crippen LogP contribution in [0.15, 0.2) is 42.5 Å². The van der Waals surface area contributed by atoms with E-state index in [1.165, 1.54) is 6.92 Å². The third-order valence-electron chi connectivity index (χ3n) is 4.44. The van der Waals surface area contributed by atoms with E-state index < -0.39 is 0 Å². The number of carbonyl (C=O) groups excluding carboxylic acids is 2. The number of hydrogen-bond acceptors (Lipinski definition) is 4. The Labute approximate surface area is 144 Å². The molecule has 0 saturated carbocycles. The summed E-state index contributed by atoms with van der Waals surface area (Å²) in [6.07, 6.45) is 0.254. The van der Waals surface area contributed by atoms with Crippen molar-refractivity contribution < 1.29 is 14.3 Å². The zero-order valence-corrected chi connectivity index (χ0v) is 13.9. The Morgan fingerprint density at radius 3 is 2.56 bits per heavy atom. The Morgan fingerprint density at radius 2 is 1.88 bits per heavy atom. The summed E-state index contributed by atoms with van der Waals surface area (Å²) in [5.74, 6) is 0.695. The van der Waals surface area contributed by atoms with Crippen molar-refractivity contribution in [3.8, 4) is 28.3 Å². The number of hydrogen-bond donors (Lipinski definition) is 1. The lowest BCUT2D eigenvalue weighted by atomic mass is 9.97. The summed E-state index contributed by atoms with van der Waals surface area (Å²) in [4.78, 5) is 24.6. The van der Waals surface area contributed by atoms with Crippen LogP contribution >= 0.6 is 0 Å². The molecule has 1 aliphatic rings. The maximum absolute atomic E-state index is 13.1. The van der Waals surface area contributed by atoms with E-state index in [1.54, 1.807) is 7.11 Å². The molecule has 124 valence electrons. The molecule has 1 aliphatic carbocycles. The largest absolute Gasteiger partial charge is 0.497 e. The predicted molar refractivity (Wildman–Crippen MR) is 93.8 cm³/mol. The first-order valence-electron chi connectivity index (χ1n) is 7.99. The van der Waals surface area contributed by atoms with Crippen molar-refractivity contribution in [1.29, 1.82) is 0 Å². The molecular formula is C20H16N2O3. The van der Waals surface area contributed by atoms with Gasteiger partial charge in [0.05, 0.1) is 18.4 Å². The fourth-order valence-electron chi connectivity index (χ4n) is 3.33. The van der Waals surface area contributed by atoms with Crippen molar-refractivity contribution in [2.75, 3.05) is 7.11 Å². The van der Waals surface area contributed by atoms with Gasteiger partial charge in [-0.3, -0.25) is 14.7 Å². The number of fused-ring (bicyclic) bond motifs is 3. The Hall–Kier alpha value is -3.21. The van der Waals surface area contributed by atoms with Gasteiger partial charge in [-0.1, -0.05) is 18.2 Å². The van der Waals surface area contributed by atoms with Gasteiger partial charge in [-0.25, -0.2) is 0 Å². The molecule has 0 amide bonds. The number of Topliss-reactive ketones (excluding diaryl/α,β-unsaturated/α-hetero) is 1. The monoisotopic (exact) mass is 332 g/mol. The molecule has 3 aromatic rings. The number of rotatable bonds is 4. The smallest absolute Gasteiger partial charge is 0.198 e. The van der Waals surface area contributed by atoms with Crippen LogP contribution in [-0.4, -0.2) is 28.9 Å². The fourth-order valence-corrected chi connectivity index (χ4v) is 3.33. The van der Waals surface area contributed by atoms with E-state index in [1.807, 2.05) is 42.5 Å². The molecule has 0 bridgehead atoms. The first kappa shape index (κ1) is 15.3. The molecule has 5 nitrogen and oxygen atoms in total. The highest BCUT2D eigenvalue weighted by Gasteiger charge is 2.34. The average Bonchev–Trinajstić information content (AvgIpc) is 3.16. The molecule has 25 heavy (non-hydrogen) atoms. The van der Waals surface area contributed by atoms with E-state index in [0.717, 1.165) is 28.1 Å². The standard InChI is InChI=1S/C20H16N2O3/c1-11(23)10-13-4-3-5-15-16(13)20(24)17-18(21-22-19(15)17)12-6-8-14(25-2)9-7-12/h3-9H,10H2,1-2H3,(H,21,22). The van der Waals surface area contributed by atoms with Gasteiger partial charge in [0.1, 0.15) is 17.2 Å². The maximum Gasteiger partial charge on any atom is 0.198 e. The van der Waals surface area contributed by atoms with Crippen molar-refractivity contribution in [2.45, 2.75) is 13.3 Å². The van der Waals surface area contributed by atoms with Crippen molar-refractivity contribution in [1.82, 2.24) is 10.2 Å². The van der Waals surface area contributed by atoms with E-state index in [0.29, 0.717) is 16.8 Å². The highest BCUT2D eigenvalue weighted by Crippen LogP contribution is 2.41. The summed E-state index contributed by atoms with van der Waals surface area (Å²) >= 11 is 0. The fraction of sp³-hybridized carbons (Fsp3) is 0.150. The first-order chi connectivity index (χ1) is 12.1. The second-order valence-electron chi connectivity index (χ2n) is 6.10. The molecule has 1 aromatic heterocycles. The Bertz CT molecular complexity index is 1000. The number of ether oxygens (including phenoxy) is 1. The maximum atomic E-state index is 13.1. The van der Waals surface area contributed by atoms with Crippen LogP contribution in [-0.2, 0) is 11.2 Å². The number of nitrogens with zero attached hydrogens (tertiary/aromatic N) is 1. The third kappa shape index (κ3) is 2.36. The highest BCUT2D eigenvalue weighted by molar-refractivity contribution is 6.24. The molecular weight excluding hydrogens is 316 g/mol. The number of aromatic amines is 1. The molecule has 4 rings (SSSR count). The first-order valence-corrected chi connectivity index (χ1v) is 7.99. The normalized spacial score (nSPS) is 12.0. The molecule has 5 heteroatoms. The van der Waals surface area contributed by atoms with E-state index in [4.69, 9.17) is 4.74 Å². The van der Waals surface area contributed by atoms with Gasteiger partial charge in [-0.05, 0) is 36.8 Å². The summed E-state index contributed by atoms with van der Waals surface area (Å²) in [6.45, 7) is 1.53. The Balaban J connectivity index is 1.84. The molecule has 2 aromatic carbocycles. The van der Waals surface area contributed by atoms with Crippen LogP contribution in [0.4, 0.5) is 0 Å². The van der Waals surface area contributed by atoms with E-state index in [2.05, 4.69) is 10.2 Å². The van der Waals surface area contributed by atoms with Gasteiger partial charge in [0.15, 0.2) is 5.78 Å². The number of H-pyrrole nitrogens is 1. The molecule has 1 heterocycles. The van der Waals surface area contributed by atoms with Crippen LogP contribution in [0.3, 0.4) is 0 Å². The second-order valence-corrected chi connectivity index (χ2v) is 6.10. The minimum atomic E-state index is -0.0820. The van der Waals surface area contributed by atoms with Gasteiger partial charge in [-0.2, -0.15) is 5.10 Å². The molecule has 0 fully saturated rings. The molecule has 0 aliphatic heterocycles. The molecule has 0 radical (unpaired) electrons. The molecule has 1 N–H and O–H groups in total. The van der Waals surface area contributed by atoms with Crippen molar-refractivity contribution >= 4 is 11.6 Å². The van der Waals surface area contributed by atoms with Crippen LogP contribution in [0.5, 0.6) is 5.75 Å². The van der Waals surface area contributed by atoms with Crippen LogP contribution < -0.4 is 4.74 Å². The van der Waals surface area contributed by atoms with Crippen LogP contribution in [0.1, 0.15) is 28.4 Å². The van der Waals surface area contributed by atoms with Gasteiger partial charge in [-0.15, -0.1) is 0 Å². The van der Waals surface area contributed by atoms with E-state index in [9.17, 15) is 9.59 Å². The molecule has 0 spiro atoms. The Kier molecular flexibility index (Phi) is 3.50. The van der Waals surface area contributed by atoms with Gasteiger partial charge in [0.2, 0.25) is 0 Å². The van der Waals surface area contributed by atoms with Gasteiger partial charge in [0, 0.05) is 23.1 Å². The number of carbonyl (C=O) groups is 2. The lowest BCUT2D eigenvalue weighted by molar-refractivity contribution is -0.116. The number of ketones is 2. The third-order valence-corrected chi connectivity index (χ3v) is 4.44.